The number of rotatable bonds is 7. The van der Waals surface area contributed by atoms with E-state index in [2.05, 4.69) is 39.1 Å². The minimum Gasteiger partial charge on any atom is -0.381 e. The molecule has 2 saturated heterocycles. The fraction of sp³-hybridized carbons (Fsp3) is 0.667. The highest BCUT2D eigenvalue weighted by molar-refractivity contribution is 5.12. The first-order valence-electron chi connectivity index (χ1n) is 10.4. The van der Waals surface area contributed by atoms with Gasteiger partial charge in [-0.25, -0.2) is 0 Å². The molecule has 4 heterocycles. The molecule has 0 bridgehead atoms. The van der Waals surface area contributed by atoms with Crippen molar-refractivity contribution < 1.29 is 14.0 Å². The van der Waals surface area contributed by atoms with E-state index in [-0.39, 0.29) is 6.10 Å². The molecule has 0 radical (unpaired) electrons. The first-order chi connectivity index (χ1) is 13.8. The average Bonchev–Trinajstić information content (AvgIpc) is 3.20. The summed E-state index contributed by atoms with van der Waals surface area (Å²) in [6.07, 6.45) is 7.10. The maximum Gasteiger partial charge on any atom is 0.229 e. The summed E-state index contributed by atoms with van der Waals surface area (Å²) in [6, 6.07) is 4.24. The highest BCUT2D eigenvalue weighted by Gasteiger charge is 2.23. The van der Waals surface area contributed by atoms with Crippen molar-refractivity contribution in [3.63, 3.8) is 0 Å². The zero-order valence-electron chi connectivity index (χ0n) is 16.7. The monoisotopic (exact) mass is 386 g/mol. The van der Waals surface area contributed by atoms with Gasteiger partial charge in [0.25, 0.3) is 0 Å². The Morgan fingerprint density at radius 3 is 2.93 bits per heavy atom. The molecular formula is C21H30N4O3. The largest absolute Gasteiger partial charge is 0.381 e. The zero-order chi connectivity index (χ0) is 19.2. The summed E-state index contributed by atoms with van der Waals surface area (Å²) >= 11 is 0. The number of nitrogens with zero attached hydrogens (tertiary/aromatic N) is 4. The Balaban J connectivity index is 1.20. The van der Waals surface area contributed by atoms with Crippen molar-refractivity contribution in [2.75, 3.05) is 32.9 Å². The summed E-state index contributed by atoms with van der Waals surface area (Å²) in [5.41, 5.74) is 2.32. The summed E-state index contributed by atoms with van der Waals surface area (Å²) in [4.78, 5) is 11.5. The lowest BCUT2D eigenvalue weighted by molar-refractivity contribution is -0.00205. The zero-order valence-corrected chi connectivity index (χ0v) is 16.7. The van der Waals surface area contributed by atoms with E-state index in [1.807, 2.05) is 6.20 Å². The molecule has 1 unspecified atom stereocenters. The van der Waals surface area contributed by atoms with Crippen molar-refractivity contribution >= 4 is 0 Å². The van der Waals surface area contributed by atoms with E-state index < -0.39 is 0 Å². The molecule has 2 aliphatic rings. The molecule has 7 nitrogen and oxygen atoms in total. The molecule has 1 atom stereocenters. The Morgan fingerprint density at radius 2 is 2.11 bits per heavy atom. The molecule has 0 saturated carbocycles. The van der Waals surface area contributed by atoms with Crippen LogP contribution in [0.2, 0.25) is 0 Å². The van der Waals surface area contributed by atoms with Gasteiger partial charge in [0.1, 0.15) is 0 Å². The topological polar surface area (TPSA) is 73.5 Å². The normalized spacial score (nSPS) is 21.8. The Hall–Kier alpha value is -1.83. The van der Waals surface area contributed by atoms with E-state index in [1.54, 1.807) is 0 Å². The van der Waals surface area contributed by atoms with E-state index in [1.165, 1.54) is 5.56 Å². The third kappa shape index (κ3) is 5.37. The van der Waals surface area contributed by atoms with Gasteiger partial charge in [0.05, 0.1) is 18.4 Å². The lowest BCUT2D eigenvalue weighted by Crippen LogP contribution is -2.39. The van der Waals surface area contributed by atoms with Crippen LogP contribution in [-0.4, -0.2) is 59.0 Å². The van der Waals surface area contributed by atoms with E-state index in [0.717, 1.165) is 75.9 Å². The molecule has 0 N–H and O–H groups in total. The molecule has 7 heteroatoms. The van der Waals surface area contributed by atoms with Crippen LogP contribution in [0.1, 0.15) is 54.6 Å². The third-order valence-electron chi connectivity index (χ3n) is 5.55. The minimum atomic E-state index is 0.265. The fourth-order valence-electron chi connectivity index (χ4n) is 3.91. The van der Waals surface area contributed by atoms with Gasteiger partial charge in [-0.3, -0.25) is 9.88 Å². The molecule has 0 aromatic carbocycles. The highest BCUT2D eigenvalue weighted by Crippen LogP contribution is 2.25. The fourth-order valence-corrected chi connectivity index (χ4v) is 3.91. The molecule has 2 fully saturated rings. The number of pyridine rings is 1. The Kier molecular flexibility index (Phi) is 6.67. The summed E-state index contributed by atoms with van der Waals surface area (Å²) in [6.45, 7) is 7.21. The van der Waals surface area contributed by atoms with E-state index in [0.29, 0.717) is 18.9 Å². The van der Waals surface area contributed by atoms with Crippen LogP contribution in [0.4, 0.5) is 0 Å². The molecule has 2 aliphatic heterocycles. The first-order valence-corrected chi connectivity index (χ1v) is 10.4. The van der Waals surface area contributed by atoms with Crippen molar-refractivity contribution in [3.8, 4) is 0 Å². The molecule has 152 valence electrons. The number of likely N-dealkylation sites (tertiary alicyclic amines) is 1. The summed E-state index contributed by atoms with van der Waals surface area (Å²) in [5.74, 6) is 1.85. The maximum atomic E-state index is 6.12. The molecule has 0 aliphatic carbocycles. The number of ether oxygens (including phenoxy) is 2. The highest BCUT2D eigenvalue weighted by atomic mass is 16.5. The van der Waals surface area contributed by atoms with Gasteiger partial charge in [0.2, 0.25) is 5.89 Å². The second kappa shape index (κ2) is 9.58. The number of hydrogen-bond donors (Lipinski definition) is 0. The standard InChI is InChI=1S/C21H30N4O3/c1-16-4-5-18(22-13-16)14-25-9-2-3-19(15-25)27-12-8-20-23-21(28-24-20)17-6-10-26-11-7-17/h4-5,13,17,19H,2-3,6-12,14-15H2,1H3. The molecule has 2 aromatic rings. The Labute approximate surface area is 166 Å². The van der Waals surface area contributed by atoms with Crippen molar-refractivity contribution in [2.24, 2.45) is 0 Å². The minimum absolute atomic E-state index is 0.265. The van der Waals surface area contributed by atoms with Gasteiger partial charge >= 0.3 is 0 Å². The van der Waals surface area contributed by atoms with Crippen LogP contribution >= 0.6 is 0 Å². The van der Waals surface area contributed by atoms with E-state index in [4.69, 9.17) is 14.0 Å². The van der Waals surface area contributed by atoms with Crippen LogP contribution in [0.3, 0.4) is 0 Å². The van der Waals surface area contributed by atoms with Crippen molar-refractivity contribution in [1.29, 1.82) is 0 Å². The lowest BCUT2D eigenvalue weighted by atomic mass is 10.0. The van der Waals surface area contributed by atoms with Crippen LogP contribution in [0, 0.1) is 6.92 Å². The number of aryl methyl sites for hydroxylation is 1. The summed E-state index contributed by atoms with van der Waals surface area (Å²) in [5, 5.41) is 4.13. The van der Waals surface area contributed by atoms with Gasteiger partial charge < -0.3 is 14.0 Å². The molecular weight excluding hydrogens is 356 g/mol. The summed E-state index contributed by atoms with van der Waals surface area (Å²) in [7, 11) is 0. The molecule has 4 rings (SSSR count). The average molecular weight is 386 g/mol. The smallest absolute Gasteiger partial charge is 0.229 e. The molecule has 2 aromatic heterocycles. The van der Waals surface area contributed by atoms with E-state index >= 15 is 0 Å². The van der Waals surface area contributed by atoms with Crippen LogP contribution < -0.4 is 0 Å². The van der Waals surface area contributed by atoms with Crippen LogP contribution in [0.25, 0.3) is 0 Å². The predicted octanol–water partition coefficient (Wildman–Crippen LogP) is 2.89. The van der Waals surface area contributed by atoms with Crippen LogP contribution in [0.5, 0.6) is 0 Å². The van der Waals surface area contributed by atoms with Gasteiger partial charge in [0, 0.05) is 44.8 Å². The second-order valence-electron chi connectivity index (χ2n) is 7.88. The van der Waals surface area contributed by atoms with Gasteiger partial charge in [-0.15, -0.1) is 0 Å². The summed E-state index contributed by atoms with van der Waals surface area (Å²) < 4.78 is 17.0. The van der Waals surface area contributed by atoms with Crippen molar-refractivity contribution in [2.45, 2.75) is 57.6 Å². The van der Waals surface area contributed by atoms with Crippen LogP contribution in [-0.2, 0) is 22.4 Å². The molecule has 0 amide bonds. The van der Waals surface area contributed by atoms with Crippen molar-refractivity contribution in [1.82, 2.24) is 20.0 Å². The van der Waals surface area contributed by atoms with E-state index in [9.17, 15) is 0 Å². The quantitative estimate of drug-likeness (QED) is 0.724. The Morgan fingerprint density at radius 1 is 1.21 bits per heavy atom. The molecule has 0 spiro atoms. The maximum absolute atomic E-state index is 6.12. The van der Waals surface area contributed by atoms with Gasteiger partial charge in [-0.05, 0) is 50.8 Å². The van der Waals surface area contributed by atoms with Gasteiger partial charge in [-0.2, -0.15) is 4.98 Å². The number of piperidine rings is 1. The SMILES string of the molecule is Cc1ccc(CN2CCCC(OCCc3noc(C4CCOCC4)n3)C2)nc1. The number of hydrogen-bond acceptors (Lipinski definition) is 7. The lowest BCUT2D eigenvalue weighted by Gasteiger charge is -2.32. The second-order valence-corrected chi connectivity index (χ2v) is 7.88. The number of aromatic nitrogens is 3. The van der Waals surface area contributed by atoms with Crippen LogP contribution in [0.15, 0.2) is 22.9 Å². The molecule has 28 heavy (non-hydrogen) atoms. The third-order valence-corrected chi connectivity index (χ3v) is 5.55. The Bertz CT molecular complexity index is 728. The van der Waals surface area contributed by atoms with Gasteiger partial charge in [-0.1, -0.05) is 11.2 Å². The predicted molar refractivity (Wildman–Crippen MR) is 104 cm³/mol. The first kappa shape index (κ1) is 19.5. The van der Waals surface area contributed by atoms with Crippen molar-refractivity contribution in [3.05, 3.63) is 41.3 Å². The van der Waals surface area contributed by atoms with Gasteiger partial charge in [0.15, 0.2) is 5.82 Å².